The van der Waals surface area contributed by atoms with Crippen molar-refractivity contribution in [3.63, 3.8) is 0 Å². The van der Waals surface area contributed by atoms with Gasteiger partial charge >= 0.3 is 5.97 Å². The first-order valence-electron chi connectivity index (χ1n) is 20.1. The molecule has 2 aromatic carbocycles. The van der Waals surface area contributed by atoms with Crippen LogP contribution in [-0.4, -0.2) is 81.5 Å². The molecule has 6 N–H and O–H groups in total. The van der Waals surface area contributed by atoms with Crippen LogP contribution in [0.2, 0.25) is 0 Å². The molecular weight excluding hydrogens is 745 g/mol. The van der Waals surface area contributed by atoms with E-state index in [1.54, 1.807) is 72.8 Å². The minimum atomic E-state index is -1.41. The fraction of sp³-hybridized carbons (Fsp3) is 0.568. The number of hydrogen-bond donors (Lipinski definition) is 6. The second kappa shape index (κ2) is 17.6. The lowest BCUT2D eigenvalue weighted by Gasteiger charge is -2.38. The maximum Gasteiger partial charge on any atom is 0.302 e. The lowest BCUT2D eigenvalue weighted by molar-refractivity contribution is -0.160. The van der Waals surface area contributed by atoms with Crippen molar-refractivity contribution in [1.29, 1.82) is 5.41 Å². The van der Waals surface area contributed by atoms with Crippen LogP contribution in [0.1, 0.15) is 98.6 Å². The molecule has 4 aliphatic rings. The van der Waals surface area contributed by atoms with Gasteiger partial charge in [-0.1, -0.05) is 52.3 Å². The van der Waals surface area contributed by atoms with Gasteiger partial charge in [-0.05, 0) is 45.6 Å². The van der Waals surface area contributed by atoms with Crippen molar-refractivity contribution in [2.75, 3.05) is 12.4 Å². The highest BCUT2D eigenvalue weighted by Crippen LogP contribution is 2.46. The Bertz CT molecular complexity index is 2140. The van der Waals surface area contributed by atoms with E-state index in [4.69, 9.17) is 34.3 Å². The largest absolute Gasteiger partial charge is 0.507 e. The number of allylic oxidation sites excluding steroid dienone is 2. The topological polar surface area (TPSA) is 213 Å². The zero-order chi connectivity index (χ0) is 42.9. The highest BCUT2D eigenvalue weighted by molar-refractivity contribution is 6.12. The number of esters is 1. The predicted molar refractivity (Wildman–Crippen MR) is 220 cm³/mol. The van der Waals surface area contributed by atoms with E-state index in [-0.39, 0.29) is 50.0 Å². The normalized spacial score (nSPS) is 31.0. The highest BCUT2D eigenvalue weighted by atomic mass is 16.7. The van der Waals surface area contributed by atoms with E-state index in [9.17, 15) is 30.0 Å². The molecule has 1 saturated carbocycles. The number of anilines is 1. The number of benzene rings is 2. The number of aliphatic hydroxyl groups is 2. The van der Waals surface area contributed by atoms with Crippen LogP contribution in [-0.2, 0) is 23.8 Å². The SMILES string of the molecule is CO[C@H]1/C=C/OC(C)(C)Oc2c(C)c(O)c3c(O)c(c4c(c3c2C=N)=NC2(CCCCC2)N=4)NC(=O)/C(C)=C\C=C\[C@H](C)[C@H](O)[C@@H](C)[C@@H](O)[C@@H](C)[C@H](OC(C)=O)[C@@H]1C. The first kappa shape index (κ1) is 44.3. The Hall–Kier alpha value is -4.79. The maximum absolute atomic E-state index is 13.8. The van der Waals surface area contributed by atoms with E-state index in [0.29, 0.717) is 18.2 Å². The van der Waals surface area contributed by atoms with Crippen molar-refractivity contribution in [3.8, 4) is 17.2 Å². The van der Waals surface area contributed by atoms with E-state index in [1.807, 2.05) is 6.92 Å². The van der Waals surface area contributed by atoms with Crippen LogP contribution in [0.15, 0.2) is 46.1 Å². The Morgan fingerprint density at radius 1 is 0.948 bits per heavy atom. The predicted octanol–water partition coefficient (Wildman–Crippen LogP) is 5.78. The van der Waals surface area contributed by atoms with Crippen molar-refractivity contribution in [3.05, 3.63) is 58.0 Å². The maximum atomic E-state index is 13.8. The van der Waals surface area contributed by atoms with E-state index >= 15 is 0 Å². The fourth-order valence-electron chi connectivity index (χ4n) is 8.42. The molecular formula is C44H60N4O10. The molecule has 1 aliphatic carbocycles. The third kappa shape index (κ3) is 8.79. The van der Waals surface area contributed by atoms with Crippen LogP contribution < -0.4 is 20.8 Å². The molecule has 1 amide bonds. The Balaban J connectivity index is 1.72. The summed E-state index contributed by atoms with van der Waals surface area (Å²) in [6.45, 7) is 14.9. The van der Waals surface area contributed by atoms with Crippen LogP contribution in [0.3, 0.4) is 0 Å². The van der Waals surface area contributed by atoms with Crippen LogP contribution in [0.5, 0.6) is 17.2 Å². The summed E-state index contributed by atoms with van der Waals surface area (Å²) in [6, 6.07) is 0. The Morgan fingerprint density at radius 2 is 1.60 bits per heavy atom. The van der Waals surface area contributed by atoms with Crippen molar-refractivity contribution in [1.82, 2.24) is 0 Å². The molecule has 1 spiro atoms. The highest BCUT2D eigenvalue weighted by Gasteiger charge is 2.40. The number of phenols is 2. The number of phenolic OH excluding ortho intramolecular Hbond substituents is 2. The molecule has 1 fully saturated rings. The van der Waals surface area contributed by atoms with Gasteiger partial charge in [-0.2, -0.15) is 0 Å². The number of ether oxygens (including phenoxy) is 4. The number of amides is 1. The summed E-state index contributed by atoms with van der Waals surface area (Å²) >= 11 is 0. The van der Waals surface area contributed by atoms with Crippen LogP contribution in [0, 0.1) is 36.0 Å². The van der Waals surface area contributed by atoms with Gasteiger partial charge in [0.05, 0.1) is 35.3 Å². The molecule has 0 saturated heterocycles. The average molecular weight is 805 g/mol. The minimum absolute atomic E-state index is 0.0104. The van der Waals surface area contributed by atoms with Crippen molar-refractivity contribution < 1.29 is 49.0 Å². The van der Waals surface area contributed by atoms with Gasteiger partial charge < -0.3 is 50.1 Å². The molecule has 0 radical (unpaired) electrons. The number of carbonyl (C=O) groups excluding carboxylic acids is 2. The molecule has 3 aliphatic heterocycles. The van der Waals surface area contributed by atoms with Gasteiger partial charge in [0.15, 0.2) is 11.4 Å². The summed E-state index contributed by atoms with van der Waals surface area (Å²) < 4.78 is 24.2. The minimum Gasteiger partial charge on any atom is -0.507 e. The summed E-state index contributed by atoms with van der Waals surface area (Å²) in [5.74, 6) is -5.38. The molecule has 3 heterocycles. The van der Waals surface area contributed by atoms with Crippen LogP contribution in [0.25, 0.3) is 10.8 Å². The van der Waals surface area contributed by atoms with Gasteiger partial charge in [0.2, 0.25) is 5.79 Å². The molecule has 316 valence electrons. The number of hydrogen-bond acceptors (Lipinski definition) is 13. The molecule has 14 nitrogen and oxygen atoms in total. The molecule has 0 unspecified atom stereocenters. The quantitative estimate of drug-likeness (QED) is 0.125. The number of aromatic hydroxyl groups is 2. The van der Waals surface area contributed by atoms with E-state index in [0.717, 1.165) is 25.5 Å². The Labute approximate surface area is 339 Å². The summed E-state index contributed by atoms with van der Waals surface area (Å²) in [6.07, 6.45) is 9.54. The van der Waals surface area contributed by atoms with Gasteiger partial charge in [0, 0.05) is 79.9 Å². The number of carbonyl (C=O) groups is 2. The zero-order valence-corrected chi connectivity index (χ0v) is 35.3. The van der Waals surface area contributed by atoms with Gasteiger partial charge in [-0.25, -0.2) is 0 Å². The van der Waals surface area contributed by atoms with Gasteiger partial charge in [-0.15, -0.1) is 0 Å². The standard InChI is InChI=1S/C44H60N4O10/c1-22-15-14-16-23(2)42(54)46-35-34-33(47-44(48-34)18-12-11-13-19-44)31-29(21-45)41(27(6)38(52)32(31)39(35)53)58-43(8,9)56-20-17-30(55-10)24(3)40(57-28(7)49)26(5)37(51)25(4)36(22)50/h14-17,20-22,24-26,30,36-37,40,45,50-53H,11-13,18-19H2,1-10H3,(H,46,54)/b15-14+,20-17+,23-16-,45-21?/t22-,24+,25+,26+,30-,36-,37+,40+/m0/s1. The number of rotatable bonds is 3. The van der Waals surface area contributed by atoms with E-state index in [2.05, 4.69) is 5.32 Å². The first-order valence-corrected chi connectivity index (χ1v) is 20.1. The van der Waals surface area contributed by atoms with Gasteiger partial charge in [0.1, 0.15) is 28.6 Å². The number of nitrogens with zero attached hydrogens (tertiary/aromatic N) is 2. The molecule has 0 aromatic heterocycles. The summed E-state index contributed by atoms with van der Waals surface area (Å²) in [4.78, 5) is 36.3. The van der Waals surface area contributed by atoms with Crippen molar-refractivity contribution in [2.24, 2.45) is 33.7 Å². The smallest absolute Gasteiger partial charge is 0.302 e. The first-order chi connectivity index (χ1) is 27.3. The molecule has 4 bridgehead atoms. The molecule has 2 aromatic rings. The van der Waals surface area contributed by atoms with Crippen molar-refractivity contribution >= 4 is 34.6 Å². The van der Waals surface area contributed by atoms with E-state index < -0.39 is 77.2 Å². The zero-order valence-electron chi connectivity index (χ0n) is 35.3. The number of methoxy groups -OCH3 is 1. The van der Waals surface area contributed by atoms with Crippen LogP contribution in [0.4, 0.5) is 5.69 Å². The monoisotopic (exact) mass is 804 g/mol. The Kier molecular flexibility index (Phi) is 13.4. The second-order valence-electron chi connectivity index (χ2n) is 16.6. The molecule has 6 rings (SSSR count). The third-order valence-corrected chi connectivity index (χ3v) is 11.9. The summed E-state index contributed by atoms with van der Waals surface area (Å²) in [5, 5.41) is 59.0. The molecule has 8 atom stereocenters. The van der Waals surface area contributed by atoms with Crippen molar-refractivity contribution in [2.45, 2.75) is 130 Å². The fourth-order valence-corrected chi connectivity index (χ4v) is 8.42. The van der Waals surface area contributed by atoms with Gasteiger partial charge in [-0.3, -0.25) is 19.6 Å². The lowest BCUT2D eigenvalue weighted by Crippen LogP contribution is -2.46. The lowest BCUT2D eigenvalue weighted by atomic mass is 9.78. The summed E-state index contributed by atoms with van der Waals surface area (Å²) in [7, 11) is 1.50. The van der Waals surface area contributed by atoms with E-state index in [1.165, 1.54) is 20.3 Å². The number of aliphatic hydroxyl groups excluding tert-OH is 2. The summed E-state index contributed by atoms with van der Waals surface area (Å²) in [5.41, 5.74) is -0.150. The molecule has 14 heteroatoms. The average Bonchev–Trinajstić information content (AvgIpc) is 3.54. The number of nitrogens with one attached hydrogen (secondary N) is 2. The molecule has 58 heavy (non-hydrogen) atoms. The third-order valence-electron chi connectivity index (χ3n) is 11.9. The van der Waals surface area contributed by atoms with Crippen LogP contribution >= 0.6 is 0 Å². The van der Waals surface area contributed by atoms with Gasteiger partial charge in [0.25, 0.3) is 5.91 Å². The second-order valence-corrected chi connectivity index (χ2v) is 16.6. The number of fused-ring (bicyclic) bond motifs is 16. The Morgan fingerprint density at radius 3 is 2.22 bits per heavy atom.